The Balaban J connectivity index is 1.80. The van der Waals surface area contributed by atoms with Crippen molar-refractivity contribution >= 4 is 16.9 Å². The van der Waals surface area contributed by atoms with E-state index in [0.717, 1.165) is 22.5 Å². The lowest BCUT2D eigenvalue weighted by Gasteiger charge is -2.07. The van der Waals surface area contributed by atoms with Crippen molar-refractivity contribution in [3.05, 3.63) is 60.0 Å². The molecule has 2 heterocycles. The summed E-state index contributed by atoms with van der Waals surface area (Å²) in [4.78, 5) is 13.2. The maximum atomic E-state index is 4.52. The summed E-state index contributed by atoms with van der Waals surface area (Å²) in [6, 6.07) is 11.8. The number of hydrogen-bond donors (Lipinski definition) is 1. The Hall–Kier alpha value is -2.49. The van der Waals surface area contributed by atoms with Crippen molar-refractivity contribution in [2.24, 2.45) is 0 Å². The number of aryl methyl sites for hydroxylation is 1. The number of fused-ring (bicyclic) bond motifs is 1. The Morgan fingerprint density at radius 1 is 1.00 bits per heavy atom. The zero-order valence-corrected chi connectivity index (χ0v) is 10.7. The minimum absolute atomic E-state index is 0.652. The van der Waals surface area contributed by atoms with Crippen LogP contribution in [0.25, 0.3) is 11.0 Å². The molecule has 3 rings (SSSR count). The van der Waals surface area contributed by atoms with Gasteiger partial charge >= 0.3 is 0 Å². The Morgan fingerprint density at radius 2 is 1.84 bits per heavy atom. The molecule has 0 amide bonds. The number of hydrogen-bond acceptors (Lipinski definition) is 4. The third-order valence-electron chi connectivity index (χ3n) is 3.00. The first-order chi connectivity index (χ1) is 9.33. The molecule has 94 valence electrons. The van der Waals surface area contributed by atoms with Gasteiger partial charge in [-0.2, -0.15) is 0 Å². The SMILES string of the molecule is Cc1cccnc1CNc1cnc2ccccc2n1. The van der Waals surface area contributed by atoms with E-state index in [2.05, 4.69) is 33.3 Å². The number of para-hydroxylation sites is 2. The molecule has 0 spiro atoms. The molecule has 4 heteroatoms. The average molecular weight is 250 g/mol. The molecule has 0 aliphatic carbocycles. The Kier molecular flexibility index (Phi) is 3.06. The van der Waals surface area contributed by atoms with Crippen LogP contribution in [0.15, 0.2) is 48.8 Å². The van der Waals surface area contributed by atoms with Crippen molar-refractivity contribution in [3.63, 3.8) is 0 Å². The topological polar surface area (TPSA) is 50.7 Å². The predicted octanol–water partition coefficient (Wildman–Crippen LogP) is 2.95. The van der Waals surface area contributed by atoms with Crippen LogP contribution in [0.5, 0.6) is 0 Å². The summed E-state index contributed by atoms with van der Waals surface area (Å²) < 4.78 is 0. The summed E-state index contributed by atoms with van der Waals surface area (Å²) >= 11 is 0. The van der Waals surface area contributed by atoms with E-state index in [1.807, 2.05) is 30.3 Å². The van der Waals surface area contributed by atoms with Gasteiger partial charge in [0.25, 0.3) is 0 Å². The molecule has 1 N–H and O–H groups in total. The van der Waals surface area contributed by atoms with Crippen molar-refractivity contribution in [2.45, 2.75) is 13.5 Å². The van der Waals surface area contributed by atoms with Gasteiger partial charge in [0.2, 0.25) is 0 Å². The van der Waals surface area contributed by atoms with E-state index in [0.29, 0.717) is 6.54 Å². The van der Waals surface area contributed by atoms with Crippen LogP contribution in [0.2, 0.25) is 0 Å². The van der Waals surface area contributed by atoms with Gasteiger partial charge in [0.05, 0.1) is 29.5 Å². The highest BCUT2D eigenvalue weighted by atomic mass is 15.0. The Labute approximate surface area is 111 Å². The highest BCUT2D eigenvalue weighted by Crippen LogP contribution is 2.12. The fourth-order valence-electron chi connectivity index (χ4n) is 1.92. The number of anilines is 1. The monoisotopic (exact) mass is 250 g/mol. The maximum Gasteiger partial charge on any atom is 0.145 e. The van der Waals surface area contributed by atoms with Crippen LogP contribution >= 0.6 is 0 Å². The molecule has 0 aliphatic rings. The molecule has 2 aromatic heterocycles. The second-order valence-corrected chi connectivity index (χ2v) is 4.36. The lowest BCUT2D eigenvalue weighted by Crippen LogP contribution is -2.05. The van der Waals surface area contributed by atoms with E-state index in [4.69, 9.17) is 0 Å². The molecule has 0 atom stereocenters. The largest absolute Gasteiger partial charge is 0.363 e. The lowest BCUT2D eigenvalue weighted by atomic mass is 10.2. The first kappa shape index (κ1) is 11.6. The standard InChI is InChI=1S/C15H14N4/c1-11-5-4-8-16-14(11)9-18-15-10-17-12-6-2-3-7-13(12)19-15/h2-8,10H,9H2,1H3,(H,18,19). The molecule has 0 unspecified atom stereocenters. The molecule has 0 bridgehead atoms. The third kappa shape index (κ3) is 2.52. The Morgan fingerprint density at radius 3 is 2.68 bits per heavy atom. The van der Waals surface area contributed by atoms with Gasteiger partial charge in [-0.25, -0.2) is 4.98 Å². The molecule has 0 radical (unpaired) electrons. The third-order valence-corrected chi connectivity index (χ3v) is 3.00. The van der Waals surface area contributed by atoms with Gasteiger partial charge in [-0.15, -0.1) is 0 Å². The molecule has 0 saturated heterocycles. The van der Waals surface area contributed by atoms with Crippen LogP contribution in [-0.2, 0) is 6.54 Å². The summed E-state index contributed by atoms with van der Waals surface area (Å²) in [7, 11) is 0. The van der Waals surface area contributed by atoms with E-state index >= 15 is 0 Å². The highest BCUT2D eigenvalue weighted by molar-refractivity contribution is 5.75. The average Bonchev–Trinajstić information content (AvgIpc) is 2.46. The molecule has 0 aliphatic heterocycles. The van der Waals surface area contributed by atoms with Crippen molar-refractivity contribution in [1.29, 1.82) is 0 Å². The van der Waals surface area contributed by atoms with Crippen LogP contribution in [0.3, 0.4) is 0 Å². The van der Waals surface area contributed by atoms with E-state index in [1.165, 1.54) is 5.56 Å². The maximum absolute atomic E-state index is 4.52. The van der Waals surface area contributed by atoms with E-state index in [9.17, 15) is 0 Å². The number of benzene rings is 1. The van der Waals surface area contributed by atoms with E-state index in [-0.39, 0.29) is 0 Å². The molecular formula is C15H14N4. The van der Waals surface area contributed by atoms with Gasteiger partial charge in [-0.05, 0) is 30.7 Å². The quantitative estimate of drug-likeness (QED) is 0.776. The minimum Gasteiger partial charge on any atom is -0.363 e. The smallest absolute Gasteiger partial charge is 0.145 e. The first-order valence-electron chi connectivity index (χ1n) is 6.19. The highest BCUT2D eigenvalue weighted by Gasteiger charge is 2.01. The van der Waals surface area contributed by atoms with Crippen LogP contribution in [0.4, 0.5) is 5.82 Å². The van der Waals surface area contributed by atoms with Crippen LogP contribution in [0.1, 0.15) is 11.3 Å². The van der Waals surface area contributed by atoms with Gasteiger partial charge in [0.1, 0.15) is 5.82 Å². The summed E-state index contributed by atoms with van der Waals surface area (Å²) in [6.07, 6.45) is 3.55. The normalized spacial score (nSPS) is 10.6. The second-order valence-electron chi connectivity index (χ2n) is 4.36. The summed E-state index contributed by atoms with van der Waals surface area (Å²) in [5.74, 6) is 0.767. The van der Waals surface area contributed by atoms with Gasteiger partial charge in [-0.3, -0.25) is 9.97 Å². The minimum atomic E-state index is 0.652. The lowest BCUT2D eigenvalue weighted by molar-refractivity contribution is 1.00. The molecule has 0 fully saturated rings. The van der Waals surface area contributed by atoms with Crippen molar-refractivity contribution < 1.29 is 0 Å². The zero-order chi connectivity index (χ0) is 13.1. The molecule has 3 aromatic rings. The first-order valence-corrected chi connectivity index (χ1v) is 6.19. The zero-order valence-electron chi connectivity index (χ0n) is 10.7. The number of pyridine rings is 1. The predicted molar refractivity (Wildman–Crippen MR) is 75.8 cm³/mol. The molecule has 0 saturated carbocycles. The van der Waals surface area contributed by atoms with E-state index in [1.54, 1.807) is 12.4 Å². The van der Waals surface area contributed by atoms with Gasteiger partial charge in [0.15, 0.2) is 0 Å². The second kappa shape index (κ2) is 5.02. The summed E-state index contributed by atoms with van der Waals surface area (Å²) in [6.45, 7) is 2.70. The number of aromatic nitrogens is 3. The molecule has 4 nitrogen and oxygen atoms in total. The van der Waals surface area contributed by atoms with Crippen molar-refractivity contribution in [3.8, 4) is 0 Å². The van der Waals surface area contributed by atoms with Crippen LogP contribution in [0, 0.1) is 6.92 Å². The van der Waals surface area contributed by atoms with E-state index < -0.39 is 0 Å². The van der Waals surface area contributed by atoms with Crippen LogP contribution in [-0.4, -0.2) is 15.0 Å². The van der Waals surface area contributed by atoms with Gasteiger partial charge in [0, 0.05) is 6.20 Å². The van der Waals surface area contributed by atoms with Crippen molar-refractivity contribution in [2.75, 3.05) is 5.32 Å². The fourth-order valence-corrected chi connectivity index (χ4v) is 1.92. The number of nitrogens with zero attached hydrogens (tertiary/aromatic N) is 3. The fraction of sp³-hybridized carbons (Fsp3) is 0.133. The van der Waals surface area contributed by atoms with Gasteiger partial charge < -0.3 is 5.32 Å². The van der Waals surface area contributed by atoms with Crippen LogP contribution < -0.4 is 5.32 Å². The Bertz CT molecular complexity index is 709. The molecular weight excluding hydrogens is 236 g/mol. The number of nitrogens with one attached hydrogen (secondary N) is 1. The summed E-state index contributed by atoms with van der Waals surface area (Å²) in [5, 5.41) is 3.26. The van der Waals surface area contributed by atoms with Crippen molar-refractivity contribution in [1.82, 2.24) is 15.0 Å². The van der Waals surface area contributed by atoms with Gasteiger partial charge in [-0.1, -0.05) is 18.2 Å². The molecule has 1 aromatic carbocycles. The summed E-state index contributed by atoms with van der Waals surface area (Å²) in [5.41, 5.74) is 3.99. The number of rotatable bonds is 3. The molecule has 19 heavy (non-hydrogen) atoms.